The first-order valence-corrected chi connectivity index (χ1v) is 13.4. The summed E-state index contributed by atoms with van der Waals surface area (Å²) in [6, 6.07) is 8.34. The Labute approximate surface area is 191 Å². The Balaban J connectivity index is 1.21. The number of aromatic nitrogens is 2. The van der Waals surface area contributed by atoms with E-state index in [1.54, 1.807) is 4.31 Å². The van der Waals surface area contributed by atoms with Crippen molar-refractivity contribution in [2.75, 3.05) is 43.9 Å². The number of ether oxygens (including phenoxy) is 1. The van der Waals surface area contributed by atoms with Crippen LogP contribution in [0, 0.1) is 5.92 Å². The average Bonchev–Trinajstić information content (AvgIpc) is 3.29. The van der Waals surface area contributed by atoms with Crippen LogP contribution in [0.5, 0.6) is 5.75 Å². The maximum absolute atomic E-state index is 11.7. The molecule has 0 amide bonds. The van der Waals surface area contributed by atoms with Crippen molar-refractivity contribution in [2.45, 2.75) is 51.4 Å². The van der Waals surface area contributed by atoms with E-state index in [-0.39, 0.29) is 5.92 Å². The van der Waals surface area contributed by atoms with Gasteiger partial charge in [-0.2, -0.15) is 4.98 Å². The summed E-state index contributed by atoms with van der Waals surface area (Å²) >= 11 is 0. The Kier molecular flexibility index (Phi) is 7.05. The summed E-state index contributed by atoms with van der Waals surface area (Å²) in [5.41, 5.74) is 1.26. The Hall–Kier alpha value is -2.13. The lowest BCUT2D eigenvalue weighted by molar-refractivity contribution is 0.222. The molecule has 2 saturated heterocycles. The molecule has 0 aliphatic carbocycles. The maximum Gasteiger partial charge on any atom is 0.266 e. The standard InChI is InChI=1S/C23H34N4O4S/c1-17(2)22-24-23(25-31-22)26-12-8-18(9-13-26)16-30-21-6-4-19(5-7-21)20-10-14-27(15-11-20)32(3,28)29/h4-7,17-18,20H,8-16H2,1-3H3. The molecule has 0 spiro atoms. The molecular formula is C23H34N4O4S. The van der Waals surface area contributed by atoms with E-state index in [0.717, 1.165) is 44.5 Å². The highest BCUT2D eigenvalue weighted by molar-refractivity contribution is 7.88. The minimum absolute atomic E-state index is 0.244. The Morgan fingerprint density at radius 1 is 1.06 bits per heavy atom. The highest BCUT2D eigenvalue weighted by atomic mass is 32.2. The molecule has 8 nitrogen and oxygen atoms in total. The van der Waals surface area contributed by atoms with Crippen LogP contribution in [0.2, 0.25) is 0 Å². The fraction of sp³-hybridized carbons (Fsp3) is 0.652. The number of rotatable bonds is 7. The van der Waals surface area contributed by atoms with E-state index in [1.165, 1.54) is 11.8 Å². The van der Waals surface area contributed by atoms with Crippen LogP contribution in [0.4, 0.5) is 5.95 Å². The molecule has 3 heterocycles. The molecule has 1 aromatic heterocycles. The van der Waals surface area contributed by atoms with E-state index in [2.05, 4.69) is 41.0 Å². The van der Waals surface area contributed by atoms with Gasteiger partial charge in [0.15, 0.2) is 0 Å². The van der Waals surface area contributed by atoms with Gasteiger partial charge in [0.25, 0.3) is 5.95 Å². The molecule has 0 saturated carbocycles. The molecule has 0 radical (unpaired) electrons. The summed E-state index contributed by atoms with van der Waals surface area (Å²) in [7, 11) is -3.08. The molecule has 2 fully saturated rings. The van der Waals surface area contributed by atoms with Gasteiger partial charge in [0.1, 0.15) is 5.75 Å². The average molecular weight is 463 g/mol. The highest BCUT2D eigenvalue weighted by Crippen LogP contribution is 2.30. The summed E-state index contributed by atoms with van der Waals surface area (Å²) < 4.78 is 36.4. The molecule has 9 heteroatoms. The third kappa shape index (κ3) is 5.61. The minimum atomic E-state index is -3.08. The number of nitrogens with zero attached hydrogens (tertiary/aromatic N) is 4. The predicted molar refractivity (Wildman–Crippen MR) is 124 cm³/mol. The van der Waals surface area contributed by atoms with Crippen molar-refractivity contribution in [1.29, 1.82) is 0 Å². The highest BCUT2D eigenvalue weighted by Gasteiger charge is 2.26. The van der Waals surface area contributed by atoms with E-state index in [1.807, 2.05) is 12.1 Å². The number of anilines is 1. The predicted octanol–water partition coefficient (Wildman–Crippen LogP) is 3.63. The molecule has 1 aromatic carbocycles. The van der Waals surface area contributed by atoms with Gasteiger partial charge in [-0.15, -0.1) is 0 Å². The van der Waals surface area contributed by atoms with Crippen molar-refractivity contribution < 1.29 is 17.7 Å². The maximum atomic E-state index is 11.7. The van der Waals surface area contributed by atoms with Crippen LogP contribution in [0.3, 0.4) is 0 Å². The molecule has 0 atom stereocenters. The second kappa shape index (κ2) is 9.79. The Bertz CT molecular complexity index is 974. The summed E-state index contributed by atoms with van der Waals surface area (Å²) in [4.78, 5) is 6.69. The van der Waals surface area contributed by atoms with Gasteiger partial charge in [-0.25, -0.2) is 12.7 Å². The summed E-state index contributed by atoms with van der Waals surface area (Å²) in [6.07, 6.45) is 5.11. The zero-order valence-electron chi connectivity index (χ0n) is 19.2. The molecule has 32 heavy (non-hydrogen) atoms. The minimum Gasteiger partial charge on any atom is -0.493 e. The second-order valence-corrected chi connectivity index (χ2v) is 11.3. The van der Waals surface area contributed by atoms with Gasteiger partial charge in [-0.05, 0) is 60.4 Å². The van der Waals surface area contributed by atoms with Crippen LogP contribution in [-0.4, -0.2) is 61.9 Å². The van der Waals surface area contributed by atoms with E-state index < -0.39 is 10.0 Å². The number of hydrogen-bond acceptors (Lipinski definition) is 7. The second-order valence-electron chi connectivity index (χ2n) is 9.33. The quantitative estimate of drug-likeness (QED) is 0.621. The lowest BCUT2D eigenvalue weighted by atomic mass is 9.90. The van der Waals surface area contributed by atoms with Crippen molar-refractivity contribution in [1.82, 2.24) is 14.4 Å². The van der Waals surface area contributed by atoms with Crippen molar-refractivity contribution in [2.24, 2.45) is 5.92 Å². The molecule has 4 rings (SSSR count). The van der Waals surface area contributed by atoms with Gasteiger partial charge in [0.05, 0.1) is 12.9 Å². The zero-order valence-corrected chi connectivity index (χ0v) is 20.1. The first kappa shape index (κ1) is 23.0. The zero-order chi connectivity index (χ0) is 22.7. The number of sulfonamides is 1. The summed E-state index contributed by atoms with van der Waals surface area (Å²) in [6.45, 7) is 7.84. The normalized spacial score (nSPS) is 19.6. The van der Waals surface area contributed by atoms with Gasteiger partial charge < -0.3 is 14.2 Å². The largest absolute Gasteiger partial charge is 0.493 e. The van der Waals surface area contributed by atoms with Crippen molar-refractivity contribution in [3.8, 4) is 5.75 Å². The van der Waals surface area contributed by atoms with Crippen molar-refractivity contribution >= 4 is 16.0 Å². The third-order valence-corrected chi connectivity index (χ3v) is 7.89. The van der Waals surface area contributed by atoms with Crippen molar-refractivity contribution in [3.05, 3.63) is 35.7 Å². The van der Waals surface area contributed by atoms with Crippen LogP contribution < -0.4 is 9.64 Å². The fourth-order valence-corrected chi connectivity index (χ4v) is 5.33. The van der Waals surface area contributed by atoms with E-state index in [4.69, 9.17) is 9.26 Å². The Morgan fingerprint density at radius 2 is 1.72 bits per heavy atom. The van der Waals surface area contributed by atoms with Crippen LogP contribution in [-0.2, 0) is 10.0 Å². The van der Waals surface area contributed by atoms with Gasteiger partial charge >= 0.3 is 0 Å². The van der Waals surface area contributed by atoms with Gasteiger partial charge in [-0.3, -0.25) is 0 Å². The first-order valence-electron chi connectivity index (χ1n) is 11.6. The third-order valence-electron chi connectivity index (χ3n) is 6.58. The van der Waals surface area contributed by atoms with Crippen LogP contribution >= 0.6 is 0 Å². The molecule has 0 bridgehead atoms. The summed E-state index contributed by atoms with van der Waals surface area (Å²) in [5, 5.41) is 4.12. The van der Waals surface area contributed by atoms with E-state index in [9.17, 15) is 8.42 Å². The molecule has 2 aliphatic rings. The number of benzene rings is 1. The summed E-state index contributed by atoms with van der Waals surface area (Å²) in [5.74, 6) is 3.45. The van der Waals surface area contributed by atoms with E-state index >= 15 is 0 Å². The van der Waals surface area contributed by atoms with Gasteiger partial charge in [0, 0.05) is 32.1 Å². The monoisotopic (exact) mass is 462 g/mol. The van der Waals surface area contributed by atoms with Crippen LogP contribution in [0.1, 0.15) is 62.8 Å². The Morgan fingerprint density at radius 3 is 2.28 bits per heavy atom. The number of piperidine rings is 2. The molecule has 2 aromatic rings. The topological polar surface area (TPSA) is 88.8 Å². The fourth-order valence-electron chi connectivity index (χ4n) is 4.46. The molecule has 176 valence electrons. The smallest absolute Gasteiger partial charge is 0.266 e. The van der Waals surface area contributed by atoms with Crippen LogP contribution in [0.25, 0.3) is 0 Å². The number of hydrogen-bond donors (Lipinski definition) is 0. The lowest BCUT2D eigenvalue weighted by Gasteiger charge is -2.31. The molecule has 0 N–H and O–H groups in total. The molecule has 0 unspecified atom stereocenters. The molecule has 2 aliphatic heterocycles. The van der Waals surface area contributed by atoms with Crippen molar-refractivity contribution in [3.63, 3.8) is 0 Å². The molecular weight excluding hydrogens is 428 g/mol. The van der Waals surface area contributed by atoms with Crippen LogP contribution in [0.15, 0.2) is 28.8 Å². The lowest BCUT2D eigenvalue weighted by Crippen LogP contribution is -2.37. The van der Waals surface area contributed by atoms with E-state index in [0.29, 0.717) is 43.4 Å². The SMILES string of the molecule is CC(C)c1nc(N2CCC(COc3ccc(C4CCN(S(C)(=O)=O)CC4)cc3)CC2)no1. The first-order chi connectivity index (χ1) is 15.3. The van der Waals surface area contributed by atoms with Gasteiger partial charge in [0.2, 0.25) is 15.9 Å². The van der Waals surface area contributed by atoms with Gasteiger partial charge in [-0.1, -0.05) is 26.0 Å².